The van der Waals surface area contributed by atoms with Gasteiger partial charge in [-0.15, -0.1) is 0 Å². The van der Waals surface area contributed by atoms with E-state index in [9.17, 15) is 4.79 Å². The van der Waals surface area contributed by atoms with Gasteiger partial charge in [-0.05, 0) is 38.4 Å². The van der Waals surface area contributed by atoms with Crippen molar-refractivity contribution >= 4 is 11.7 Å². The third kappa shape index (κ3) is 5.12. The minimum absolute atomic E-state index is 0.124. The Morgan fingerprint density at radius 3 is 2.79 bits per heavy atom. The number of likely N-dealkylation sites (tertiary alicyclic amines) is 1. The minimum atomic E-state index is -0.192. The summed E-state index contributed by atoms with van der Waals surface area (Å²) in [5.41, 5.74) is 3.24. The molecule has 4 rings (SSSR count). The molecule has 0 aliphatic carbocycles. The zero-order valence-electron chi connectivity index (χ0n) is 19.3. The van der Waals surface area contributed by atoms with Crippen molar-refractivity contribution in [3.05, 3.63) is 77.0 Å². The third-order valence-corrected chi connectivity index (χ3v) is 6.04. The van der Waals surface area contributed by atoms with E-state index in [1.54, 1.807) is 19.5 Å². The van der Waals surface area contributed by atoms with Crippen LogP contribution in [0.1, 0.15) is 51.9 Å². The molecule has 2 aromatic heterocycles. The first-order valence-electron chi connectivity index (χ1n) is 11.2. The van der Waals surface area contributed by atoms with Crippen molar-refractivity contribution in [3.8, 4) is 5.75 Å². The molecule has 0 saturated carbocycles. The first-order chi connectivity index (χ1) is 16.1. The number of para-hydroxylation sites is 1. The number of aryl methyl sites for hydroxylation is 1. The summed E-state index contributed by atoms with van der Waals surface area (Å²) in [7, 11) is 3.51. The number of carbonyl (C=O) groups is 1. The van der Waals surface area contributed by atoms with Gasteiger partial charge in [0, 0.05) is 43.7 Å². The Morgan fingerprint density at radius 1 is 1.18 bits per heavy atom. The number of rotatable bonds is 8. The topological polar surface area (TPSA) is 92.3 Å². The van der Waals surface area contributed by atoms with E-state index in [0.29, 0.717) is 17.8 Å². The second-order valence-corrected chi connectivity index (χ2v) is 8.11. The number of nitrogens with zero attached hydrogens (tertiary/aromatic N) is 4. The highest BCUT2D eigenvalue weighted by Gasteiger charge is 2.29. The first-order valence-corrected chi connectivity index (χ1v) is 11.2. The number of anilines is 1. The number of pyridine rings is 1. The Labute approximate surface area is 194 Å². The summed E-state index contributed by atoms with van der Waals surface area (Å²) in [6.07, 6.45) is 5.52. The Balaban J connectivity index is 1.45. The molecule has 1 aromatic carbocycles. The zero-order valence-corrected chi connectivity index (χ0v) is 19.3. The van der Waals surface area contributed by atoms with Crippen LogP contribution in [0.15, 0.2) is 48.8 Å². The van der Waals surface area contributed by atoms with E-state index in [2.05, 4.69) is 31.6 Å². The number of amides is 1. The van der Waals surface area contributed by atoms with Gasteiger partial charge in [0.25, 0.3) is 5.91 Å². The normalized spacial score (nSPS) is 15.9. The summed E-state index contributed by atoms with van der Waals surface area (Å²) in [5, 5.41) is 6.11. The molecule has 1 fully saturated rings. The smallest absolute Gasteiger partial charge is 0.254 e. The van der Waals surface area contributed by atoms with Gasteiger partial charge in [0.1, 0.15) is 17.4 Å². The van der Waals surface area contributed by atoms with Crippen molar-refractivity contribution in [2.24, 2.45) is 0 Å². The average Bonchev–Trinajstić information content (AvgIpc) is 3.31. The molecular weight excluding hydrogens is 416 g/mol. The number of hydrogen-bond donors (Lipinski definition) is 2. The van der Waals surface area contributed by atoms with E-state index >= 15 is 0 Å². The highest BCUT2D eigenvalue weighted by atomic mass is 16.5. The molecule has 3 heterocycles. The molecule has 1 aliphatic heterocycles. The molecule has 1 aliphatic rings. The lowest BCUT2D eigenvalue weighted by atomic mass is 10.1. The van der Waals surface area contributed by atoms with Crippen LogP contribution in [0.5, 0.6) is 5.75 Å². The van der Waals surface area contributed by atoms with Crippen LogP contribution in [0.4, 0.5) is 5.82 Å². The fraction of sp³-hybridized carbons (Fsp3) is 0.360. The number of hydrogen-bond acceptors (Lipinski definition) is 7. The molecule has 1 saturated heterocycles. The molecule has 8 heteroatoms. The lowest BCUT2D eigenvalue weighted by molar-refractivity contribution is 0.0949. The molecule has 8 nitrogen and oxygen atoms in total. The van der Waals surface area contributed by atoms with Crippen LogP contribution in [-0.2, 0) is 13.1 Å². The lowest BCUT2D eigenvalue weighted by Crippen LogP contribution is -2.27. The molecular formula is C25H30N6O2. The van der Waals surface area contributed by atoms with Crippen molar-refractivity contribution in [2.75, 3.05) is 26.0 Å². The molecule has 0 unspecified atom stereocenters. The summed E-state index contributed by atoms with van der Waals surface area (Å²) in [6.45, 7) is 3.99. The van der Waals surface area contributed by atoms with Gasteiger partial charge in [0.15, 0.2) is 0 Å². The van der Waals surface area contributed by atoms with Crippen LogP contribution in [0, 0.1) is 6.92 Å². The lowest BCUT2D eigenvalue weighted by Gasteiger charge is -2.24. The summed E-state index contributed by atoms with van der Waals surface area (Å²) >= 11 is 0. The fourth-order valence-electron chi connectivity index (χ4n) is 4.31. The number of nitrogens with one attached hydrogen (secondary N) is 2. The average molecular weight is 447 g/mol. The van der Waals surface area contributed by atoms with E-state index in [4.69, 9.17) is 9.72 Å². The second kappa shape index (κ2) is 10.4. The van der Waals surface area contributed by atoms with Crippen LogP contribution >= 0.6 is 0 Å². The maximum Gasteiger partial charge on any atom is 0.254 e. The first kappa shape index (κ1) is 22.7. The Bertz CT molecular complexity index is 1120. The van der Waals surface area contributed by atoms with Crippen molar-refractivity contribution in [3.63, 3.8) is 0 Å². The monoisotopic (exact) mass is 446 g/mol. The molecule has 0 spiro atoms. The van der Waals surface area contributed by atoms with Crippen molar-refractivity contribution < 1.29 is 9.53 Å². The number of carbonyl (C=O) groups excluding carboxylic acids is 1. The van der Waals surface area contributed by atoms with Gasteiger partial charge in [0.05, 0.1) is 24.4 Å². The van der Waals surface area contributed by atoms with Crippen LogP contribution in [0.2, 0.25) is 0 Å². The highest BCUT2D eigenvalue weighted by Crippen LogP contribution is 2.32. The predicted molar refractivity (Wildman–Crippen MR) is 127 cm³/mol. The van der Waals surface area contributed by atoms with Gasteiger partial charge >= 0.3 is 0 Å². The molecule has 1 atom stereocenters. The second-order valence-electron chi connectivity index (χ2n) is 8.11. The van der Waals surface area contributed by atoms with E-state index in [0.717, 1.165) is 54.4 Å². The summed E-state index contributed by atoms with van der Waals surface area (Å²) < 4.78 is 5.36. The van der Waals surface area contributed by atoms with Crippen molar-refractivity contribution in [2.45, 2.75) is 38.9 Å². The summed E-state index contributed by atoms with van der Waals surface area (Å²) in [5.74, 6) is 2.21. The van der Waals surface area contributed by atoms with Crippen molar-refractivity contribution in [1.82, 2.24) is 25.2 Å². The summed E-state index contributed by atoms with van der Waals surface area (Å²) in [6, 6.07) is 11.8. The Kier molecular flexibility index (Phi) is 7.14. The van der Waals surface area contributed by atoms with Gasteiger partial charge in [-0.25, -0.2) is 15.0 Å². The SMILES string of the molecule is CNc1ncccc1CN1CCC[C@@H]1c1ncc(C(=O)NCc2ccccc2OC)c(C)n1. The molecule has 1 amide bonds. The number of methoxy groups -OCH3 is 1. The maximum absolute atomic E-state index is 12.8. The van der Waals surface area contributed by atoms with E-state index in [1.807, 2.05) is 44.3 Å². The van der Waals surface area contributed by atoms with Crippen LogP contribution < -0.4 is 15.4 Å². The fourth-order valence-corrected chi connectivity index (χ4v) is 4.31. The quantitative estimate of drug-likeness (QED) is 0.547. The largest absolute Gasteiger partial charge is 0.496 e. The zero-order chi connectivity index (χ0) is 23.2. The molecule has 33 heavy (non-hydrogen) atoms. The van der Waals surface area contributed by atoms with Gasteiger partial charge in [-0.3, -0.25) is 9.69 Å². The Morgan fingerprint density at radius 2 is 2.00 bits per heavy atom. The van der Waals surface area contributed by atoms with E-state index in [1.165, 1.54) is 0 Å². The van der Waals surface area contributed by atoms with E-state index < -0.39 is 0 Å². The maximum atomic E-state index is 12.8. The molecule has 0 bridgehead atoms. The standard InChI is InChI=1S/C25H30N6O2/c1-17-20(25(32)29-14-18-8-4-5-11-22(18)33-3)15-28-24(30-17)21-10-7-13-31(21)16-19-9-6-12-27-23(19)26-2/h4-6,8-9,11-12,15,21H,7,10,13-14,16H2,1-3H3,(H,26,27)(H,29,32)/t21-/m1/s1. The van der Waals surface area contributed by atoms with Crippen LogP contribution in [0.3, 0.4) is 0 Å². The summed E-state index contributed by atoms with van der Waals surface area (Å²) in [4.78, 5) is 28.9. The minimum Gasteiger partial charge on any atom is -0.496 e. The van der Waals surface area contributed by atoms with Crippen molar-refractivity contribution in [1.29, 1.82) is 0 Å². The number of ether oxygens (including phenoxy) is 1. The predicted octanol–water partition coefficient (Wildman–Crippen LogP) is 3.50. The molecule has 3 aromatic rings. The number of aromatic nitrogens is 3. The molecule has 172 valence electrons. The van der Waals surface area contributed by atoms with Gasteiger partial charge in [0.2, 0.25) is 0 Å². The van der Waals surface area contributed by atoms with Gasteiger partial charge in [-0.2, -0.15) is 0 Å². The third-order valence-electron chi connectivity index (χ3n) is 6.04. The van der Waals surface area contributed by atoms with Crippen LogP contribution in [-0.4, -0.2) is 46.5 Å². The van der Waals surface area contributed by atoms with Gasteiger partial charge in [-0.1, -0.05) is 24.3 Å². The molecule has 2 N–H and O–H groups in total. The molecule has 0 radical (unpaired) electrons. The Hall–Kier alpha value is -3.52. The van der Waals surface area contributed by atoms with E-state index in [-0.39, 0.29) is 11.9 Å². The van der Waals surface area contributed by atoms with Gasteiger partial charge < -0.3 is 15.4 Å². The van der Waals surface area contributed by atoms with Crippen LogP contribution in [0.25, 0.3) is 0 Å². The number of benzene rings is 1. The highest BCUT2D eigenvalue weighted by molar-refractivity contribution is 5.94.